The zero-order chi connectivity index (χ0) is 11.9. The van der Waals surface area contributed by atoms with E-state index in [0.29, 0.717) is 23.7 Å². The van der Waals surface area contributed by atoms with E-state index in [2.05, 4.69) is 26.8 Å². The number of ether oxygens (including phenoxy) is 1. The van der Waals surface area contributed by atoms with E-state index in [1.165, 1.54) is 25.5 Å². The first-order valence-corrected chi connectivity index (χ1v) is 6.23. The maximum absolute atomic E-state index is 11.3. The molecule has 0 radical (unpaired) electrons. The molecular weight excluding hydrogens is 200 g/mol. The fraction of sp³-hybridized carbons (Fsp3) is 0.786. The van der Waals surface area contributed by atoms with Crippen LogP contribution in [0.5, 0.6) is 0 Å². The van der Waals surface area contributed by atoms with Gasteiger partial charge in [0, 0.05) is 0 Å². The maximum atomic E-state index is 11.3. The molecule has 0 amide bonds. The van der Waals surface area contributed by atoms with Crippen molar-refractivity contribution < 1.29 is 9.53 Å². The smallest absolute Gasteiger partial charge is 0.306 e. The van der Waals surface area contributed by atoms with E-state index in [9.17, 15) is 4.79 Å². The SMILES string of the molecule is COC(=O)CC(C)C1=CC[C@@H]2C[C@H]1C2(C)C. The van der Waals surface area contributed by atoms with Gasteiger partial charge < -0.3 is 4.74 Å². The summed E-state index contributed by atoms with van der Waals surface area (Å²) in [5, 5.41) is 0. The molecule has 0 aliphatic heterocycles. The minimum atomic E-state index is -0.0901. The Balaban J connectivity index is 2.05. The van der Waals surface area contributed by atoms with Gasteiger partial charge in [-0.3, -0.25) is 4.79 Å². The molecule has 0 spiro atoms. The third-order valence-electron chi connectivity index (χ3n) is 4.78. The van der Waals surface area contributed by atoms with Gasteiger partial charge in [-0.2, -0.15) is 0 Å². The van der Waals surface area contributed by atoms with E-state index in [1.54, 1.807) is 0 Å². The largest absolute Gasteiger partial charge is 0.469 e. The summed E-state index contributed by atoms with van der Waals surface area (Å²) in [7, 11) is 1.47. The monoisotopic (exact) mass is 222 g/mol. The van der Waals surface area contributed by atoms with Crippen LogP contribution in [0, 0.1) is 23.2 Å². The first kappa shape index (κ1) is 11.7. The Kier molecular flexibility index (Phi) is 2.85. The van der Waals surface area contributed by atoms with Crippen molar-refractivity contribution in [3.05, 3.63) is 11.6 Å². The van der Waals surface area contributed by atoms with E-state index in [4.69, 9.17) is 4.74 Å². The lowest BCUT2D eigenvalue weighted by Gasteiger charge is -2.57. The van der Waals surface area contributed by atoms with Crippen LogP contribution in [0.2, 0.25) is 0 Å². The van der Waals surface area contributed by atoms with Gasteiger partial charge in [-0.05, 0) is 36.0 Å². The Bertz CT molecular complexity index is 328. The molecule has 0 saturated heterocycles. The van der Waals surface area contributed by atoms with E-state index < -0.39 is 0 Å². The second kappa shape index (κ2) is 3.90. The third-order valence-corrected chi connectivity index (χ3v) is 4.78. The van der Waals surface area contributed by atoms with Crippen LogP contribution in [-0.2, 0) is 9.53 Å². The van der Waals surface area contributed by atoms with Crippen molar-refractivity contribution in [2.45, 2.75) is 40.0 Å². The number of fused-ring (bicyclic) bond motifs is 1. The van der Waals surface area contributed by atoms with Gasteiger partial charge in [-0.15, -0.1) is 0 Å². The number of methoxy groups -OCH3 is 1. The minimum absolute atomic E-state index is 0.0901. The van der Waals surface area contributed by atoms with Crippen LogP contribution in [0.3, 0.4) is 0 Å². The molecule has 2 nitrogen and oxygen atoms in total. The van der Waals surface area contributed by atoms with E-state index >= 15 is 0 Å². The lowest BCUT2D eigenvalue weighted by molar-refractivity contribution is -0.141. The standard InChI is InChI=1S/C14H22O2/c1-9(7-13(15)16-4)11-6-5-10-8-12(11)14(10,2)3/h6,9-10,12H,5,7-8H2,1-4H3/t9?,10-,12-/m1/s1. The summed E-state index contributed by atoms with van der Waals surface area (Å²) in [6.45, 7) is 6.88. The van der Waals surface area contributed by atoms with Crippen molar-refractivity contribution in [2.24, 2.45) is 23.2 Å². The molecule has 1 fully saturated rings. The summed E-state index contributed by atoms with van der Waals surface area (Å²) in [4.78, 5) is 11.3. The van der Waals surface area contributed by atoms with Crippen molar-refractivity contribution >= 4 is 5.97 Å². The van der Waals surface area contributed by atoms with Gasteiger partial charge in [-0.1, -0.05) is 32.4 Å². The van der Waals surface area contributed by atoms with E-state index in [-0.39, 0.29) is 5.97 Å². The first-order chi connectivity index (χ1) is 7.46. The summed E-state index contributed by atoms with van der Waals surface area (Å²) in [6.07, 6.45) is 5.42. The summed E-state index contributed by atoms with van der Waals surface area (Å²) in [6, 6.07) is 0. The minimum Gasteiger partial charge on any atom is -0.469 e. The highest BCUT2D eigenvalue weighted by atomic mass is 16.5. The predicted octanol–water partition coefficient (Wildman–Crippen LogP) is 3.18. The normalized spacial score (nSPS) is 32.4. The number of rotatable bonds is 3. The number of hydrogen-bond acceptors (Lipinski definition) is 2. The zero-order valence-corrected chi connectivity index (χ0v) is 10.7. The average Bonchev–Trinajstić information content (AvgIpc) is 2.28. The molecule has 0 aromatic rings. The predicted molar refractivity (Wildman–Crippen MR) is 63.9 cm³/mol. The lowest BCUT2D eigenvalue weighted by Crippen LogP contribution is -2.49. The highest BCUT2D eigenvalue weighted by Gasteiger charge is 2.51. The summed E-state index contributed by atoms with van der Waals surface area (Å²) in [5.74, 6) is 1.82. The molecule has 0 heterocycles. The Labute approximate surface area is 98.1 Å². The molecule has 3 aliphatic carbocycles. The maximum Gasteiger partial charge on any atom is 0.306 e. The molecule has 16 heavy (non-hydrogen) atoms. The summed E-state index contributed by atoms with van der Waals surface area (Å²) in [5.41, 5.74) is 1.95. The van der Waals surface area contributed by atoms with Gasteiger partial charge in [-0.25, -0.2) is 0 Å². The van der Waals surface area contributed by atoms with Gasteiger partial charge in [0.05, 0.1) is 13.5 Å². The van der Waals surface area contributed by atoms with Crippen LogP contribution in [0.25, 0.3) is 0 Å². The second-order valence-corrected chi connectivity index (χ2v) is 5.93. The van der Waals surface area contributed by atoms with Gasteiger partial charge in [0.2, 0.25) is 0 Å². The zero-order valence-electron chi connectivity index (χ0n) is 10.7. The second-order valence-electron chi connectivity index (χ2n) is 5.93. The van der Waals surface area contributed by atoms with Crippen molar-refractivity contribution in [3.63, 3.8) is 0 Å². The van der Waals surface area contributed by atoms with Crippen LogP contribution in [0.15, 0.2) is 11.6 Å². The van der Waals surface area contributed by atoms with Crippen LogP contribution in [0.4, 0.5) is 0 Å². The van der Waals surface area contributed by atoms with Gasteiger partial charge in [0.1, 0.15) is 0 Å². The number of esters is 1. The number of carbonyl (C=O) groups excluding carboxylic acids is 1. The Hall–Kier alpha value is -0.790. The van der Waals surface area contributed by atoms with Gasteiger partial charge >= 0.3 is 5.97 Å². The molecule has 0 aromatic carbocycles. The molecule has 3 atom stereocenters. The fourth-order valence-corrected chi connectivity index (χ4v) is 3.40. The van der Waals surface area contributed by atoms with Crippen molar-refractivity contribution in [2.75, 3.05) is 7.11 Å². The van der Waals surface area contributed by atoms with Crippen LogP contribution in [0.1, 0.15) is 40.0 Å². The van der Waals surface area contributed by atoms with Crippen LogP contribution < -0.4 is 0 Å². The molecule has 0 aromatic heterocycles. The molecule has 3 rings (SSSR count). The molecule has 3 aliphatic rings. The molecule has 1 unspecified atom stereocenters. The molecule has 2 heteroatoms. The van der Waals surface area contributed by atoms with Crippen molar-refractivity contribution in [1.82, 2.24) is 0 Å². The van der Waals surface area contributed by atoms with Crippen molar-refractivity contribution in [1.29, 1.82) is 0 Å². The molecule has 90 valence electrons. The molecular formula is C14H22O2. The van der Waals surface area contributed by atoms with Gasteiger partial charge in [0.15, 0.2) is 0 Å². The van der Waals surface area contributed by atoms with Crippen LogP contribution in [-0.4, -0.2) is 13.1 Å². The first-order valence-electron chi connectivity index (χ1n) is 6.23. The number of allylic oxidation sites excluding steroid dienone is 2. The number of hydrogen-bond donors (Lipinski definition) is 0. The molecule has 1 saturated carbocycles. The Morgan fingerprint density at radius 1 is 1.62 bits per heavy atom. The molecule has 0 N–H and O–H groups in total. The van der Waals surface area contributed by atoms with E-state index in [1.807, 2.05) is 0 Å². The Morgan fingerprint density at radius 2 is 2.31 bits per heavy atom. The quantitative estimate of drug-likeness (QED) is 0.541. The lowest BCUT2D eigenvalue weighted by atomic mass is 9.47. The summed E-state index contributed by atoms with van der Waals surface area (Å²) < 4.78 is 4.75. The third kappa shape index (κ3) is 1.68. The van der Waals surface area contributed by atoms with Gasteiger partial charge in [0.25, 0.3) is 0 Å². The fourth-order valence-electron chi connectivity index (χ4n) is 3.40. The van der Waals surface area contributed by atoms with E-state index in [0.717, 1.165) is 5.92 Å². The highest BCUT2D eigenvalue weighted by Crippen LogP contribution is 2.60. The number of carbonyl (C=O) groups is 1. The topological polar surface area (TPSA) is 26.3 Å². The Morgan fingerprint density at radius 3 is 2.81 bits per heavy atom. The highest BCUT2D eigenvalue weighted by molar-refractivity contribution is 5.70. The molecule has 2 bridgehead atoms. The van der Waals surface area contributed by atoms with Crippen LogP contribution >= 0.6 is 0 Å². The summed E-state index contributed by atoms with van der Waals surface area (Å²) >= 11 is 0. The average molecular weight is 222 g/mol. The van der Waals surface area contributed by atoms with Crippen molar-refractivity contribution in [3.8, 4) is 0 Å².